The quantitative estimate of drug-likeness (QED) is 0.777. The van der Waals surface area contributed by atoms with E-state index in [0.29, 0.717) is 5.41 Å². The highest BCUT2D eigenvalue weighted by Gasteiger charge is 2.53. The Hall–Kier alpha value is -1.02. The molecule has 0 N–H and O–H groups in total. The summed E-state index contributed by atoms with van der Waals surface area (Å²) in [7, 11) is 2.33. The van der Waals surface area contributed by atoms with E-state index in [1.54, 1.807) is 5.56 Å². The standard InChI is InChI=1S/C18H25NO/c1-19-10-9-18-8-4-3-5-15(18)17(19)11-13-6-7-14(20-2)12-16(13)18/h6-7,12,15,17H,3-5,8-11H2,1-2H3/t15?,17-,18-/m0/s1/i2D. The Labute approximate surface area is 123 Å². The van der Waals surface area contributed by atoms with Crippen LogP contribution in [0.4, 0.5) is 0 Å². The molecule has 2 bridgehead atoms. The zero-order valence-corrected chi connectivity index (χ0v) is 12.4. The van der Waals surface area contributed by atoms with Crippen molar-refractivity contribution in [1.82, 2.24) is 4.90 Å². The van der Waals surface area contributed by atoms with E-state index in [1.165, 1.54) is 50.6 Å². The summed E-state index contributed by atoms with van der Waals surface area (Å²) in [5.74, 6) is 1.71. The number of hydrogen-bond acceptors (Lipinski definition) is 2. The molecule has 1 heterocycles. The number of benzene rings is 1. The first-order chi connectivity index (χ1) is 10.2. The summed E-state index contributed by atoms with van der Waals surface area (Å²) >= 11 is 0. The third-order valence-electron chi connectivity index (χ3n) is 6.25. The van der Waals surface area contributed by atoms with Crippen LogP contribution in [0.25, 0.3) is 0 Å². The van der Waals surface area contributed by atoms with E-state index in [1.807, 2.05) is 0 Å². The number of rotatable bonds is 1. The molecule has 1 saturated carbocycles. The molecule has 1 aromatic rings. The molecule has 2 heteroatoms. The number of ether oxygens (including phenoxy) is 1. The third-order valence-corrected chi connectivity index (χ3v) is 6.25. The van der Waals surface area contributed by atoms with Crippen molar-refractivity contribution in [2.24, 2.45) is 5.92 Å². The van der Waals surface area contributed by atoms with Crippen molar-refractivity contribution in [2.45, 2.75) is 50.0 Å². The summed E-state index contributed by atoms with van der Waals surface area (Å²) in [4.78, 5) is 2.60. The molecular formula is C18H25NO. The van der Waals surface area contributed by atoms with Gasteiger partial charge in [0, 0.05) is 11.5 Å². The minimum Gasteiger partial charge on any atom is -0.497 e. The van der Waals surface area contributed by atoms with E-state index in [-0.39, 0.29) is 7.09 Å². The molecule has 0 aromatic heterocycles. The number of hydrogen-bond donors (Lipinski definition) is 0. The van der Waals surface area contributed by atoms with Crippen molar-refractivity contribution >= 4 is 0 Å². The number of methoxy groups -OCH3 is 1. The zero-order valence-electron chi connectivity index (χ0n) is 13.4. The van der Waals surface area contributed by atoms with Gasteiger partial charge in [-0.1, -0.05) is 18.9 Å². The van der Waals surface area contributed by atoms with Crippen molar-refractivity contribution in [3.8, 4) is 5.75 Å². The maximum Gasteiger partial charge on any atom is 0.119 e. The van der Waals surface area contributed by atoms with Crippen LogP contribution in [0.2, 0.25) is 0 Å². The Bertz CT molecular complexity index is 546. The van der Waals surface area contributed by atoms with Crippen molar-refractivity contribution in [1.29, 1.82) is 0 Å². The molecule has 3 atom stereocenters. The fourth-order valence-corrected chi connectivity index (χ4v) is 5.27. The fourth-order valence-electron chi connectivity index (χ4n) is 5.27. The van der Waals surface area contributed by atoms with Gasteiger partial charge in [0.15, 0.2) is 0 Å². The van der Waals surface area contributed by atoms with Crippen LogP contribution in [-0.4, -0.2) is 31.6 Å². The van der Waals surface area contributed by atoms with Crippen LogP contribution in [-0.2, 0) is 11.8 Å². The van der Waals surface area contributed by atoms with Crippen LogP contribution >= 0.6 is 0 Å². The fraction of sp³-hybridized carbons (Fsp3) is 0.667. The van der Waals surface area contributed by atoms with Crippen molar-refractivity contribution in [3.63, 3.8) is 0 Å². The number of nitrogens with zero attached hydrogens (tertiary/aromatic N) is 1. The number of piperidine rings is 1. The molecular weight excluding hydrogens is 246 g/mol. The second kappa shape index (κ2) is 4.49. The minimum absolute atomic E-state index is 0.0145. The number of likely N-dealkylation sites (N-methyl/N-ethyl adjacent to an activating group) is 1. The van der Waals surface area contributed by atoms with Crippen molar-refractivity contribution < 1.29 is 6.11 Å². The maximum absolute atomic E-state index is 7.30. The Kier molecular flexibility index (Phi) is 2.61. The Morgan fingerprint density at radius 3 is 3.20 bits per heavy atom. The lowest BCUT2D eigenvalue weighted by Gasteiger charge is -2.58. The van der Waals surface area contributed by atoms with E-state index >= 15 is 0 Å². The molecule has 0 radical (unpaired) electrons. The molecule has 20 heavy (non-hydrogen) atoms. The van der Waals surface area contributed by atoms with Crippen LogP contribution in [0.5, 0.6) is 5.75 Å². The first kappa shape index (κ1) is 11.6. The first-order valence-corrected chi connectivity index (χ1v) is 8.00. The van der Waals surface area contributed by atoms with Gasteiger partial charge in [0.1, 0.15) is 5.75 Å². The van der Waals surface area contributed by atoms with E-state index in [4.69, 9.17) is 6.11 Å². The van der Waals surface area contributed by atoms with E-state index in [9.17, 15) is 0 Å². The van der Waals surface area contributed by atoms with E-state index in [2.05, 4.69) is 30.1 Å². The predicted molar refractivity (Wildman–Crippen MR) is 81.4 cm³/mol. The van der Waals surface area contributed by atoms with Gasteiger partial charge in [-0.15, -0.1) is 0 Å². The average Bonchev–Trinajstić information content (AvgIpc) is 2.52. The second-order valence-electron chi connectivity index (χ2n) is 6.97. The van der Waals surface area contributed by atoms with Crippen LogP contribution in [0, 0.1) is 5.92 Å². The van der Waals surface area contributed by atoms with Gasteiger partial charge in [0.2, 0.25) is 0 Å². The lowest BCUT2D eigenvalue weighted by molar-refractivity contribution is 0.00274. The normalized spacial score (nSPS) is 36.8. The molecule has 1 aromatic carbocycles. The van der Waals surface area contributed by atoms with Crippen molar-refractivity contribution in [3.05, 3.63) is 29.3 Å². The summed E-state index contributed by atoms with van der Waals surface area (Å²) in [6.07, 6.45) is 7.99. The zero-order chi connectivity index (χ0) is 14.4. The molecule has 2 fully saturated rings. The van der Waals surface area contributed by atoms with Crippen LogP contribution in [0.15, 0.2) is 18.2 Å². The van der Waals surface area contributed by atoms with E-state index in [0.717, 1.165) is 17.7 Å². The summed E-state index contributed by atoms with van der Waals surface area (Å²) in [5, 5.41) is 0. The molecule has 1 unspecified atom stereocenters. The number of fused-ring (bicyclic) bond motifs is 1. The van der Waals surface area contributed by atoms with Crippen LogP contribution in [0.3, 0.4) is 0 Å². The minimum atomic E-state index is 0.0145. The Morgan fingerprint density at radius 2 is 2.30 bits per heavy atom. The monoisotopic (exact) mass is 272 g/mol. The highest BCUT2D eigenvalue weighted by molar-refractivity contribution is 5.45. The summed E-state index contributed by atoms with van der Waals surface area (Å²) in [6.45, 7) is 1.23. The van der Waals surface area contributed by atoms with Gasteiger partial charge >= 0.3 is 0 Å². The SMILES string of the molecule is [2H]COc1ccc2c(c1)[C@]13CCCCC1[C@H](C2)N(C)CC3. The molecule has 1 aliphatic heterocycles. The third kappa shape index (κ3) is 1.60. The van der Waals surface area contributed by atoms with Gasteiger partial charge < -0.3 is 9.64 Å². The lowest BCUT2D eigenvalue weighted by Crippen LogP contribution is -2.59. The molecule has 4 rings (SSSR count). The van der Waals surface area contributed by atoms with Gasteiger partial charge in [-0.25, -0.2) is 0 Å². The maximum atomic E-state index is 7.30. The smallest absolute Gasteiger partial charge is 0.119 e. The van der Waals surface area contributed by atoms with Gasteiger partial charge in [0.25, 0.3) is 0 Å². The highest BCUT2D eigenvalue weighted by atomic mass is 16.5. The van der Waals surface area contributed by atoms with Crippen molar-refractivity contribution in [2.75, 3.05) is 20.7 Å². The summed E-state index contributed by atoms with van der Waals surface area (Å²) < 4.78 is 12.8. The van der Waals surface area contributed by atoms with Gasteiger partial charge in [-0.2, -0.15) is 0 Å². The number of likely N-dealkylation sites (tertiary alicyclic amines) is 1. The molecule has 1 saturated heterocycles. The second-order valence-corrected chi connectivity index (χ2v) is 6.97. The molecule has 0 amide bonds. The van der Waals surface area contributed by atoms with Gasteiger partial charge in [-0.05, 0) is 68.5 Å². The summed E-state index contributed by atoms with van der Waals surface area (Å²) in [6, 6.07) is 7.32. The molecule has 108 valence electrons. The van der Waals surface area contributed by atoms with E-state index < -0.39 is 0 Å². The van der Waals surface area contributed by atoms with Crippen LogP contribution in [0.1, 0.15) is 44.6 Å². The Balaban J connectivity index is 1.83. The first-order valence-electron chi connectivity index (χ1n) is 8.71. The van der Waals surface area contributed by atoms with Gasteiger partial charge in [-0.3, -0.25) is 0 Å². The molecule has 2 nitrogen and oxygen atoms in total. The molecule has 0 spiro atoms. The lowest BCUT2D eigenvalue weighted by atomic mass is 9.52. The summed E-state index contributed by atoms with van der Waals surface area (Å²) in [5.41, 5.74) is 3.48. The largest absolute Gasteiger partial charge is 0.497 e. The molecule has 2 aliphatic carbocycles. The van der Waals surface area contributed by atoms with Gasteiger partial charge in [0.05, 0.1) is 8.46 Å². The Morgan fingerprint density at radius 1 is 1.35 bits per heavy atom. The topological polar surface area (TPSA) is 12.5 Å². The predicted octanol–water partition coefficient (Wildman–Crippen LogP) is 3.38. The average molecular weight is 272 g/mol. The highest BCUT2D eigenvalue weighted by Crippen LogP contribution is 2.55. The molecule has 3 aliphatic rings. The van der Waals surface area contributed by atoms with Crippen LogP contribution < -0.4 is 4.74 Å².